The molecular formula is C17H20ClN3O4. The number of halogens is 1. The zero-order valence-electron chi connectivity index (χ0n) is 14.5. The van der Waals surface area contributed by atoms with Gasteiger partial charge in [0.15, 0.2) is 5.69 Å². The molecule has 1 heterocycles. The third-order valence-corrected chi connectivity index (χ3v) is 4.53. The van der Waals surface area contributed by atoms with Crippen LogP contribution in [0.5, 0.6) is 5.75 Å². The second-order valence-electron chi connectivity index (χ2n) is 5.96. The van der Waals surface area contributed by atoms with Crippen molar-refractivity contribution in [2.24, 2.45) is 7.05 Å². The number of benzene rings is 1. The third kappa shape index (κ3) is 3.93. The number of hydrogen-bond donors (Lipinski definition) is 2. The van der Waals surface area contributed by atoms with Gasteiger partial charge in [-0.1, -0.05) is 23.7 Å². The van der Waals surface area contributed by atoms with E-state index in [-0.39, 0.29) is 17.1 Å². The molecule has 25 heavy (non-hydrogen) atoms. The molecule has 0 spiro atoms. The van der Waals surface area contributed by atoms with Crippen LogP contribution in [0, 0.1) is 6.92 Å². The second-order valence-corrected chi connectivity index (χ2v) is 6.34. The van der Waals surface area contributed by atoms with Gasteiger partial charge in [-0.05, 0) is 31.5 Å². The highest BCUT2D eigenvalue weighted by Gasteiger charge is 2.33. The summed E-state index contributed by atoms with van der Waals surface area (Å²) in [6.07, 6.45) is -0.310. The number of aromatic nitrogens is 2. The lowest BCUT2D eigenvalue weighted by atomic mass is 9.88. The van der Waals surface area contributed by atoms with Crippen molar-refractivity contribution < 1.29 is 19.4 Å². The summed E-state index contributed by atoms with van der Waals surface area (Å²) in [6, 6.07) is 6.90. The predicted octanol–water partition coefficient (Wildman–Crippen LogP) is 2.51. The van der Waals surface area contributed by atoms with Crippen molar-refractivity contribution in [3.05, 3.63) is 46.2 Å². The van der Waals surface area contributed by atoms with Gasteiger partial charge in [0, 0.05) is 7.05 Å². The van der Waals surface area contributed by atoms with Gasteiger partial charge in [0.2, 0.25) is 0 Å². The first-order chi connectivity index (χ1) is 11.7. The Morgan fingerprint density at radius 1 is 1.44 bits per heavy atom. The van der Waals surface area contributed by atoms with Gasteiger partial charge in [-0.25, -0.2) is 0 Å². The Labute approximate surface area is 150 Å². The number of carbonyl (C=O) groups excluding carboxylic acids is 1. The van der Waals surface area contributed by atoms with Gasteiger partial charge in [0.05, 0.1) is 29.8 Å². The number of methoxy groups -OCH3 is 1. The van der Waals surface area contributed by atoms with Crippen molar-refractivity contribution in [1.82, 2.24) is 15.1 Å². The molecule has 1 aromatic heterocycles. The maximum atomic E-state index is 12.7. The number of ether oxygens (including phenoxy) is 1. The Morgan fingerprint density at radius 2 is 2.12 bits per heavy atom. The lowest BCUT2D eigenvalue weighted by Crippen LogP contribution is -2.45. The molecule has 0 radical (unpaired) electrons. The van der Waals surface area contributed by atoms with Gasteiger partial charge in [-0.2, -0.15) is 5.10 Å². The highest BCUT2D eigenvalue weighted by Crippen LogP contribution is 2.29. The summed E-state index contributed by atoms with van der Waals surface area (Å²) in [5.74, 6) is -1.02. The molecule has 1 atom stereocenters. The summed E-state index contributed by atoms with van der Waals surface area (Å²) < 4.78 is 6.68. The smallest absolute Gasteiger partial charge is 0.306 e. The van der Waals surface area contributed by atoms with Crippen LogP contribution in [0.1, 0.15) is 35.1 Å². The summed E-state index contributed by atoms with van der Waals surface area (Å²) in [4.78, 5) is 24.0. The second kappa shape index (κ2) is 7.14. The van der Waals surface area contributed by atoms with Crippen molar-refractivity contribution in [2.75, 3.05) is 7.11 Å². The number of nitrogens with one attached hydrogen (secondary N) is 1. The first kappa shape index (κ1) is 18.8. The Balaban J connectivity index is 2.41. The van der Waals surface area contributed by atoms with Crippen LogP contribution in [0.4, 0.5) is 0 Å². The number of carboxylic acid groups (broad SMARTS) is 1. The lowest BCUT2D eigenvalue weighted by molar-refractivity contribution is -0.138. The minimum Gasteiger partial charge on any atom is -0.497 e. The molecule has 0 saturated heterocycles. The van der Waals surface area contributed by atoms with E-state index >= 15 is 0 Å². The van der Waals surface area contributed by atoms with Crippen molar-refractivity contribution in [1.29, 1.82) is 0 Å². The number of nitrogens with zero attached hydrogens (tertiary/aromatic N) is 2. The molecule has 2 aromatic rings. The number of aryl methyl sites for hydroxylation is 1. The average Bonchev–Trinajstić information content (AvgIpc) is 2.81. The SMILES string of the molecule is COc1cccc(C(C)(CC(=O)O)NC(=O)c2nn(C)c(C)c2Cl)c1. The molecule has 0 bridgehead atoms. The monoisotopic (exact) mass is 365 g/mol. The quantitative estimate of drug-likeness (QED) is 0.820. The number of amides is 1. The maximum Gasteiger partial charge on any atom is 0.306 e. The van der Waals surface area contributed by atoms with E-state index in [1.165, 1.54) is 11.8 Å². The van der Waals surface area contributed by atoms with E-state index in [1.54, 1.807) is 45.2 Å². The molecular weight excluding hydrogens is 346 g/mol. The molecule has 2 N–H and O–H groups in total. The first-order valence-corrected chi connectivity index (χ1v) is 7.93. The van der Waals surface area contributed by atoms with Crippen LogP contribution < -0.4 is 10.1 Å². The van der Waals surface area contributed by atoms with Crippen molar-refractivity contribution in [3.8, 4) is 5.75 Å². The molecule has 134 valence electrons. The Morgan fingerprint density at radius 3 is 2.64 bits per heavy atom. The fourth-order valence-corrected chi connectivity index (χ4v) is 2.77. The predicted molar refractivity (Wildman–Crippen MR) is 93.0 cm³/mol. The highest BCUT2D eigenvalue weighted by molar-refractivity contribution is 6.34. The van der Waals surface area contributed by atoms with Crippen LogP contribution in [0.2, 0.25) is 5.02 Å². The van der Waals surface area contributed by atoms with Crippen molar-refractivity contribution in [2.45, 2.75) is 25.8 Å². The van der Waals surface area contributed by atoms with Crippen molar-refractivity contribution in [3.63, 3.8) is 0 Å². The van der Waals surface area contributed by atoms with Gasteiger partial charge < -0.3 is 15.2 Å². The van der Waals surface area contributed by atoms with E-state index in [9.17, 15) is 14.7 Å². The zero-order chi connectivity index (χ0) is 18.8. The fourth-order valence-electron chi connectivity index (χ4n) is 2.52. The van der Waals surface area contributed by atoms with E-state index in [0.29, 0.717) is 17.0 Å². The Hall–Kier alpha value is -2.54. The number of carboxylic acids is 1. The number of aliphatic carboxylic acids is 1. The van der Waals surface area contributed by atoms with Gasteiger partial charge in [0.25, 0.3) is 5.91 Å². The molecule has 0 aliphatic carbocycles. The summed E-state index contributed by atoms with van der Waals surface area (Å²) in [5, 5.41) is 16.4. The van der Waals surface area contributed by atoms with Gasteiger partial charge in [-0.15, -0.1) is 0 Å². The average molecular weight is 366 g/mol. The van der Waals surface area contributed by atoms with Crippen LogP contribution in [0.25, 0.3) is 0 Å². The zero-order valence-corrected chi connectivity index (χ0v) is 15.2. The van der Waals surface area contributed by atoms with Gasteiger partial charge >= 0.3 is 5.97 Å². The standard InChI is InChI=1S/C17H20ClN3O4/c1-10-14(18)15(20-21(10)3)16(24)19-17(2,9-13(22)23)11-6-5-7-12(8-11)25-4/h5-8H,9H2,1-4H3,(H,19,24)(H,22,23). The summed E-state index contributed by atoms with van der Waals surface area (Å²) in [6.45, 7) is 3.38. The number of carbonyl (C=O) groups is 2. The van der Waals surface area contributed by atoms with Crippen LogP contribution in [0.15, 0.2) is 24.3 Å². The Bertz CT molecular complexity index is 818. The normalized spacial score (nSPS) is 13.2. The first-order valence-electron chi connectivity index (χ1n) is 7.56. The molecule has 8 heteroatoms. The van der Waals surface area contributed by atoms with Gasteiger partial charge in [0.1, 0.15) is 5.75 Å². The van der Waals surface area contributed by atoms with E-state index in [2.05, 4.69) is 10.4 Å². The molecule has 2 rings (SSSR count). The summed E-state index contributed by atoms with van der Waals surface area (Å²) >= 11 is 6.16. The summed E-state index contributed by atoms with van der Waals surface area (Å²) in [5.41, 5.74) is 0.146. The third-order valence-electron chi connectivity index (χ3n) is 4.08. The van der Waals surface area contributed by atoms with Crippen LogP contribution in [-0.4, -0.2) is 33.9 Å². The number of hydrogen-bond acceptors (Lipinski definition) is 4. The molecule has 0 fully saturated rings. The van der Waals surface area contributed by atoms with Crippen LogP contribution >= 0.6 is 11.6 Å². The number of rotatable bonds is 6. The van der Waals surface area contributed by atoms with E-state index < -0.39 is 17.4 Å². The molecule has 1 aromatic carbocycles. The molecule has 7 nitrogen and oxygen atoms in total. The fraction of sp³-hybridized carbons (Fsp3) is 0.353. The minimum absolute atomic E-state index is 0.0566. The van der Waals surface area contributed by atoms with Gasteiger partial charge in [-0.3, -0.25) is 14.3 Å². The molecule has 0 aliphatic rings. The molecule has 0 saturated carbocycles. The largest absolute Gasteiger partial charge is 0.497 e. The molecule has 1 unspecified atom stereocenters. The lowest BCUT2D eigenvalue weighted by Gasteiger charge is -2.30. The highest BCUT2D eigenvalue weighted by atomic mass is 35.5. The summed E-state index contributed by atoms with van der Waals surface area (Å²) in [7, 11) is 3.19. The van der Waals surface area contributed by atoms with E-state index in [0.717, 1.165) is 0 Å². The molecule has 1 amide bonds. The molecule has 0 aliphatic heterocycles. The van der Waals surface area contributed by atoms with Crippen LogP contribution in [-0.2, 0) is 17.4 Å². The van der Waals surface area contributed by atoms with Crippen molar-refractivity contribution >= 4 is 23.5 Å². The Kier molecular flexibility index (Phi) is 5.37. The minimum atomic E-state index is -1.16. The van der Waals surface area contributed by atoms with Crippen LogP contribution in [0.3, 0.4) is 0 Å². The topological polar surface area (TPSA) is 93.4 Å². The maximum absolute atomic E-state index is 12.7. The van der Waals surface area contributed by atoms with E-state index in [4.69, 9.17) is 16.3 Å². The van der Waals surface area contributed by atoms with E-state index in [1.807, 2.05) is 0 Å².